The predicted octanol–water partition coefficient (Wildman–Crippen LogP) is 2.46. The maximum Gasteiger partial charge on any atom is 0.524 e. The summed E-state index contributed by atoms with van der Waals surface area (Å²) in [6.45, 7) is 5.19. The van der Waals surface area contributed by atoms with Crippen LogP contribution >= 0.6 is 0 Å². The molecule has 0 aromatic carbocycles. The molecule has 0 aromatic rings. The zero-order valence-electron chi connectivity index (χ0n) is 10.1. The van der Waals surface area contributed by atoms with Crippen molar-refractivity contribution in [2.45, 2.75) is 52.6 Å². The summed E-state index contributed by atoms with van der Waals surface area (Å²) in [5, 5.41) is 0. The third-order valence-electron chi connectivity index (χ3n) is 2.06. The Balaban J connectivity index is 3.87. The fraction of sp³-hybridized carbons (Fsp3) is 0.900. The highest BCUT2D eigenvalue weighted by molar-refractivity contribution is 7.87. The molecule has 96 valence electrons. The van der Waals surface area contributed by atoms with Crippen LogP contribution in [0.15, 0.2) is 0 Å². The Hall–Kier alpha value is -0.780. The number of hydrogen-bond donors (Lipinski definition) is 0. The molecule has 0 spiro atoms. The average molecular weight is 252 g/mol. The summed E-state index contributed by atoms with van der Waals surface area (Å²) in [7, 11) is -3.76. The standard InChI is InChI=1S/C10H20O5S/c1-4-6-7-8-9(3)14-10(11)15-16(12,13)5-2/h9H,4-8H2,1-3H3. The lowest BCUT2D eigenvalue weighted by Gasteiger charge is -2.12. The van der Waals surface area contributed by atoms with Crippen LogP contribution in [0.4, 0.5) is 4.79 Å². The van der Waals surface area contributed by atoms with Crippen molar-refractivity contribution >= 4 is 16.3 Å². The zero-order valence-corrected chi connectivity index (χ0v) is 10.9. The third kappa shape index (κ3) is 7.50. The van der Waals surface area contributed by atoms with E-state index >= 15 is 0 Å². The maximum atomic E-state index is 11.0. The molecule has 16 heavy (non-hydrogen) atoms. The van der Waals surface area contributed by atoms with Crippen molar-refractivity contribution in [2.24, 2.45) is 0 Å². The van der Waals surface area contributed by atoms with E-state index in [-0.39, 0.29) is 11.9 Å². The van der Waals surface area contributed by atoms with Gasteiger partial charge in [0.15, 0.2) is 0 Å². The van der Waals surface area contributed by atoms with Crippen molar-refractivity contribution in [2.75, 3.05) is 5.75 Å². The molecule has 0 rings (SSSR count). The summed E-state index contributed by atoms with van der Waals surface area (Å²) < 4.78 is 30.8. The SMILES string of the molecule is CCCCCC(C)OC(=O)OS(=O)(=O)CC. The third-order valence-corrected chi connectivity index (χ3v) is 3.16. The fourth-order valence-electron chi connectivity index (χ4n) is 1.09. The lowest BCUT2D eigenvalue weighted by molar-refractivity contribution is 0.0634. The number of ether oxygens (including phenoxy) is 1. The van der Waals surface area contributed by atoms with Gasteiger partial charge in [-0.25, -0.2) is 4.79 Å². The predicted molar refractivity (Wildman–Crippen MR) is 60.6 cm³/mol. The van der Waals surface area contributed by atoms with Crippen LogP contribution in [0.3, 0.4) is 0 Å². The van der Waals surface area contributed by atoms with Gasteiger partial charge in [-0.3, -0.25) is 0 Å². The van der Waals surface area contributed by atoms with Crippen molar-refractivity contribution in [3.05, 3.63) is 0 Å². The monoisotopic (exact) mass is 252 g/mol. The topological polar surface area (TPSA) is 69.7 Å². The molecule has 0 aliphatic carbocycles. The lowest BCUT2D eigenvalue weighted by Crippen LogP contribution is -2.20. The van der Waals surface area contributed by atoms with E-state index < -0.39 is 16.3 Å². The highest BCUT2D eigenvalue weighted by Gasteiger charge is 2.18. The fourth-order valence-corrected chi connectivity index (χ4v) is 1.45. The summed E-state index contributed by atoms with van der Waals surface area (Å²) in [4.78, 5) is 11.0. The van der Waals surface area contributed by atoms with Crippen LogP contribution in [0.5, 0.6) is 0 Å². The molecular weight excluding hydrogens is 232 g/mol. The molecule has 0 aromatic heterocycles. The van der Waals surface area contributed by atoms with Gasteiger partial charge < -0.3 is 8.92 Å². The van der Waals surface area contributed by atoms with Gasteiger partial charge in [0.05, 0.1) is 5.75 Å². The molecule has 6 heteroatoms. The number of hydrogen-bond acceptors (Lipinski definition) is 5. The number of carbonyl (C=O) groups excluding carboxylic acids is 1. The largest absolute Gasteiger partial charge is 0.524 e. The van der Waals surface area contributed by atoms with Crippen molar-refractivity contribution in [1.29, 1.82) is 0 Å². The molecule has 0 fully saturated rings. The molecule has 1 atom stereocenters. The Morgan fingerprint density at radius 1 is 1.25 bits per heavy atom. The van der Waals surface area contributed by atoms with E-state index in [0.717, 1.165) is 25.7 Å². The van der Waals surface area contributed by atoms with Gasteiger partial charge in [-0.1, -0.05) is 19.8 Å². The van der Waals surface area contributed by atoms with E-state index in [1.807, 2.05) is 0 Å². The van der Waals surface area contributed by atoms with Gasteiger partial charge in [-0.15, -0.1) is 0 Å². The second-order valence-electron chi connectivity index (χ2n) is 3.60. The first-order valence-corrected chi connectivity index (χ1v) is 7.11. The van der Waals surface area contributed by atoms with E-state index in [2.05, 4.69) is 11.1 Å². The second kappa shape index (κ2) is 7.49. The Morgan fingerprint density at radius 2 is 1.88 bits per heavy atom. The minimum Gasteiger partial charge on any atom is -0.430 e. The van der Waals surface area contributed by atoms with E-state index in [1.165, 1.54) is 6.92 Å². The van der Waals surface area contributed by atoms with Gasteiger partial charge in [-0.2, -0.15) is 8.42 Å². The van der Waals surface area contributed by atoms with Gasteiger partial charge in [0.25, 0.3) is 0 Å². The molecule has 0 N–H and O–H groups in total. The summed E-state index contributed by atoms with van der Waals surface area (Å²) in [6.07, 6.45) is 2.37. The average Bonchev–Trinajstić information content (AvgIpc) is 2.17. The number of carbonyl (C=O) groups is 1. The van der Waals surface area contributed by atoms with Crippen LogP contribution in [0, 0.1) is 0 Å². The molecule has 0 saturated heterocycles. The van der Waals surface area contributed by atoms with Crippen LogP contribution in [0.2, 0.25) is 0 Å². The Labute approximate surface area is 97.2 Å². The zero-order chi connectivity index (χ0) is 12.6. The number of unbranched alkanes of at least 4 members (excludes halogenated alkanes) is 2. The minimum absolute atomic E-state index is 0.244. The van der Waals surface area contributed by atoms with Gasteiger partial charge in [-0.05, 0) is 26.7 Å². The molecular formula is C10H20O5S. The molecule has 1 unspecified atom stereocenters. The van der Waals surface area contributed by atoms with Crippen molar-refractivity contribution < 1.29 is 22.1 Å². The first-order valence-electron chi connectivity index (χ1n) is 5.54. The molecule has 0 aliphatic rings. The van der Waals surface area contributed by atoms with E-state index in [9.17, 15) is 13.2 Å². The van der Waals surface area contributed by atoms with Crippen LogP contribution < -0.4 is 0 Å². The highest BCUT2D eigenvalue weighted by atomic mass is 32.2. The van der Waals surface area contributed by atoms with Crippen LogP contribution in [-0.4, -0.2) is 26.4 Å². The summed E-state index contributed by atoms with van der Waals surface area (Å²) >= 11 is 0. The van der Waals surface area contributed by atoms with E-state index in [0.29, 0.717) is 0 Å². The normalized spacial score (nSPS) is 13.2. The molecule has 0 bridgehead atoms. The summed E-state index contributed by atoms with van der Waals surface area (Å²) in [5.74, 6) is -0.244. The van der Waals surface area contributed by atoms with Crippen molar-refractivity contribution in [1.82, 2.24) is 0 Å². The maximum absolute atomic E-state index is 11.0. The second-order valence-corrected chi connectivity index (χ2v) is 5.46. The van der Waals surface area contributed by atoms with Crippen LogP contribution in [0.25, 0.3) is 0 Å². The number of rotatable bonds is 7. The molecule has 0 aliphatic heterocycles. The first-order chi connectivity index (χ1) is 7.41. The Kier molecular flexibility index (Phi) is 7.12. The van der Waals surface area contributed by atoms with Gasteiger partial charge in [0.2, 0.25) is 0 Å². The summed E-state index contributed by atoms with van der Waals surface area (Å²) in [5.41, 5.74) is 0. The first kappa shape index (κ1) is 15.2. The van der Waals surface area contributed by atoms with Crippen LogP contribution in [-0.2, 0) is 19.0 Å². The van der Waals surface area contributed by atoms with Crippen molar-refractivity contribution in [3.8, 4) is 0 Å². The van der Waals surface area contributed by atoms with E-state index in [1.54, 1.807) is 6.92 Å². The summed E-state index contributed by atoms with van der Waals surface area (Å²) in [6, 6.07) is 0. The molecule has 5 nitrogen and oxygen atoms in total. The van der Waals surface area contributed by atoms with Gasteiger partial charge in [0, 0.05) is 0 Å². The Bertz CT molecular complexity index is 296. The van der Waals surface area contributed by atoms with Gasteiger partial charge >= 0.3 is 16.3 Å². The smallest absolute Gasteiger partial charge is 0.430 e. The van der Waals surface area contributed by atoms with E-state index in [4.69, 9.17) is 4.74 Å². The molecule has 0 saturated carbocycles. The molecule has 0 amide bonds. The minimum atomic E-state index is -3.76. The quantitative estimate of drug-likeness (QED) is 0.395. The molecule has 0 heterocycles. The lowest BCUT2D eigenvalue weighted by atomic mass is 10.1. The van der Waals surface area contributed by atoms with Crippen LogP contribution in [0.1, 0.15) is 46.5 Å². The highest BCUT2D eigenvalue weighted by Crippen LogP contribution is 2.08. The van der Waals surface area contributed by atoms with Gasteiger partial charge in [0.1, 0.15) is 6.10 Å². The van der Waals surface area contributed by atoms with Crippen molar-refractivity contribution in [3.63, 3.8) is 0 Å². The molecule has 0 radical (unpaired) electrons. The Morgan fingerprint density at radius 3 is 2.38 bits per heavy atom.